The Labute approximate surface area is 168 Å². The van der Waals surface area contributed by atoms with Gasteiger partial charge >= 0.3 is 0 Å². The number of rotatable bonds is 6. The van der Waals surface area contributed by atoms with Crippen LogP contribution in [0.3, 0.4) is 0 Å². The Bertz CT molecular complexity index is 744. The highest BCUT2D eigenvalue weighted by atomic mass is 16.6. The van der Waals surface area contributed by atoms with E-state index in [1.54, 1.807) is 0 Å². The summed E-state index contributed by atoms with van der Waals surface area (Å²) in [4.78, 5) is 2.30. The lowest BCUT2D eigenvalue weighted by atomic mass is 9.84. The van der Waals surface area contributed by atoms with Crippen molar-refractivity contribution in [1.29, 1.82) is 0 Å². The molecule has 2 fully saturated rings. The Morgan fingerprint density at radius 1 is 1.11 bits per heavy atom. The highest BCUT2D eigenvalue weighted by molar-refractivity contribution is 5.63. The molecule has 1 saturated heterocycles. The van der Waals surface area contributed by atoms with Crippen LogP contribution in [0.5, 0.6) is 0 Å². The van der Waals surface area contributed by atoms with E-state index in [-0.39, 0.29) is 6.10 Å². The first-order valence-electron chi connectivity index (χ1n) is 10.7. The van der Waals surface area contributed by atoms with Crippen molar-refractivity contribution < 1.29 is 9.47 Å². The fourth-order valence-corrected chi connectivity index (χ4v) is 4.59. The first kappa shape index (κ1) is 19.6. The van der Waals surface area contributed by atoms with Crippen molar-refractivity contribution in [2.45, 2.75) is 50.7 Å². The van der Waals surface area contributed by atoms with Gasteiger partial charge in [-0.2, -0.15) is 5.10 Å². The van der Waals surface area contributed by atoms with Gasteiger partial charge in [-0.1, -0.05) is 43.5 Å². The van der Waals surface area contributed by atoms with Crippen LogP contribution in [0.15, 0.2) is 30.5 Å². The van der Waals surface area contributed by atoms with E-state index in [4.69, 9.17) is 14.6 Å². The van der Waals surface area contributed by atoms with Gasteiger partial charge in [-0.25, -0.2) is 0 Å². The Kier molecular flexibility index (Phi) is 6.45. The highest BCUT2D eigenvalue weighted by Gasteiger charge is 2.19. The van der Waals surface area contributed by atoms with Gasteiger partial charge in [0.2, 0.25) is 0 Å². The SMILES string of the molecule is CN(Cc1cn(C)nc1-c1ccc(C2CCCCC2)cc1)CC1COCCO1. The minimum atomic E-state index is 0.161. The summed E-state index contributed by atoms with van der Waals surface area (Å²) in [6.07, 6.45) is 9.13. The van der Waals surface area contributed by atoms with Gasteiger partial charge in [0.15, 0.2) is 0 Å². The summed E-state index contributed by atoms with van der Waals surface area (Å²) < 4.78 is 13.2. The Hall–Kier alpha value is -1.69. The number of nitrogens with zero attached hydrogens (tertiary/aromatic N) is 3. The third-order valence-corrected chi connectivity index (χ3v) is 6.01. The second-order valence-corrected chi connectivity index (χ2v) is 8.40. The molecule has 152 valence electrons. The molecule has 2 heterocycles. The standard InChI is InChI=1S/C23H33N3O2/c1-25(16-22-17-27-12-13-28-22)14-21-15-26(2)24-23(21)20-10-8-19(9-11-20)18-6-4-3-5-7-18/h8-11,15,18,22H,3-7,12-14,16-17H2,1-2H3. The number of aryl methyl sites for hydroxylation is 1. The molecule has 2 aliphatic rings. The predicted molar refractivity (Wildman–Crippen MR) is 111 cm³/mol. The van der Waals surface area contributed by atoms with Crippen LogP contribution in [0.4, 0.5) is 0 Å². The van der Waals surface area contributed by atoms with Gasteiger partial charge in [-0.05, 0) is 31.4 Å². The van der Waals surface area contributed by atoms with E-state index in [9.17, 15) is 0 Å². The summed E-state index contributed by atoms with van der Waals surface area (Å²) in [5.74, 6) is 0.745. The third kappa shape index (κ3) is 4.83. The van der Waals surface area contributed by atoms with Crippen LogP contribution in [0, 0.1) is 0 Å². The van der Waals surface area contributed by atoms with Crippen molar-refractivity contribution in [3.8, 4) is 11.3 Å². The quantitative estimate of drug-likeness (QED) is 0.756. The lowest BCUT2D eigenvalue weighted by Crippen LogP contribution is -2.38. The van der Waals surface area contributed by atoms with Gasteiger partial charge in [-0.15, -0.1) is 0 Å². The Balaban J connectivity index is 1.44. The minimum absolute atomic E-state index is 0.161. The van der Waals surface area contributed by atoms with Gasteiger partial charge in [0.25, 0.3) is 0 Å². The maximum Gasteiger partial charge on any atom is 0.0968 e. The van der Waals surface area contributed by atoms with Crippen LogP contribution in [-0.2, 0) is 23.1 Å². The second-order valence-electron chi connectivity index (χ2n) is 8.40. The first-order valence-corrected chi connectivity index (χ1v) is 10.7. The van der Waals surface area contributed by atoms with E-state index in [2.05, 4.69) is 42.4 Å². The Morgan fingerprint density at radius 3 is 2.61 bits per heavy atom. The third-order valence-electron chi connectivity index (χ3n) is 6.01. The monoisotopic (exact) mass is 383 g/mol. The lowest BCUT2D eigenvalue weighted by molar-refractivity contribution is -0.0962. The molecule has 4 rings (SSSR count). The summed E-state index contributed by atoms with van der Waals surface area (Å²) in [7, 11) is 4.14. The fraction of sp³-hybridized carbons (Fsp3) is 0.609. The van der Waals surface area contributed by atoms with Crippen molar-refractivity contribution >= 4 is 0 Å². The number of ether oxygens (including phenoxy) is 2. The molecule has 0 radical (unpaired) electrons. The molecule has 0 spiro atoms. The summed E-state index contributed by atoms with van der Waals surface area (Å²) in [6, 6.07) is 9.16. The molecule has 1 atom stereocenters. The zero-order valence-electron chi connectivity index (χ0n) is 17.3. The van der Waals surface area contributed by atoms with E-state index in [0.717, 1.165) is 24.7 Å². The summed E-state index contributed by atoms with van der Waals surface area (Å²) in [5, 5.41) is 4.76. The molecule has 0 bridgehead atoms. The highest BCUT2D eigenvalue weighted by Crippen LogP contribution is 2.33. The van der Waals surface area contributed by atoms with Crippen LogP contribution < -0.4 is 0 Å². The molecule has 5 nitrogen and oxygen atoms in total. The zero-order valence-corrected chi connectivity index (χ0v) is 17.3. The number of aromatic nitrogens is 2. The maximum atomic E-state index is 5.79. The molecular weight excluding hydrogens is 350 g/mol. The van der Waals surface area contributed by atoms with Gasteiger partial charge in [0.05, 0.1) is 31.6 Å². The predicted octanol–water partition coefficient (Wildman–Crippen LogP) is 3.98. The van der Waals surface area contributed by atoms with Crippen molar-refractivity contribution in [2.75, 3.05) is 33.4 Å². The Morgan fingerprint density at radius 2 is 1.89 bits per heavy atom. The molecule has 1 aliphatic carbocycles. The molecule has 0 amide bonds. The summed E-state index contributed by atoms with van der Waals surface area (Å²) in [6.45, 7) is 3.82. The average Bonchev–Trinajstić information content (AvgIpc) is 3.09. The maximum absolute atomic E-state index is 5.79. The smallest absolute Gasteiger partial charge is 0.0968 e. The normalized spacial score (nSPS) is 21.3. The molecule has 28 heavy (non-hydrogen) atoms. The van der Waals surface area contributed by atoms with Crippen LogP contribution >= 0.6 is 0 Å². The summed E-state index contributed by atoms with van der Waals surface area (Å²) >= 11 is 0. The van der Waals surface area contributed by atoms with Crippen LogP contribution in [0.2, 0.25) is 0 Å². The van der Waals surface area contributed by atoms with Crippen LogP contribution in [0.25, 0.3) is 11.3 Å². The second kappa shape index (κ2) is 9.21. The number of likely N-dealkylation sites (N-methyl/N-ethyl adjacent to an activating group) is 1. The number of hydrogen-bond acceptors (Lipinski definition) is 4. The van der Waals surface area contributed by atoms with Crippen molar-refractivity contribution in [1.82, 2.24) is 14.7 Å². The van der Waals surface area contributed by atoms with Crippen LogP contribution in [-0.4, -0.2) is 54.2 Å². The van der Waals surface area contributed by atoms with Crippen LogP contribution in [0.1, 0.15) is 49.1 Å². The molecule has 1 unspecified atom stereocenters. The van der Waals surface area contributed by atoms with E-state index >= 15 is 0 Å². The van der Waals surface area contributed by atoms with E-state index in [0.29, 0.717) is 19.8 Å². The summed E-state index contributed by atoms with van der Waals surface area (Å²) in [5.41, 5.74) is 5.05. The van der Waals surface area contributed by atoms with Gasteiger partial charge in [0, 0.05) is 37.5 Å². The lowest BCUT2D eigenvalue weighted by Gasteiger charge is -2.27. The minimum Gasteiger partial charge on any atom is -0.376 e. The van der Waals surface area contributed by atoms with Crippen molar-refractivity contribution in [3.05, 3.63) is 41.6 Å². The molecule has 1 aromatic heterocycles. The fourth-order valence-electron chi connectivity index (χ4n) is 4.59. The molecule has 2 aromatic rings. The van der Waals surface area contributed by atoms with Gasteiger partial charge in [-0.3, -0.25) is 9.58 Å². The number of hydrogen-bond donors (Lipinski definition) is 0. The van der Waals surface area contributed by atoms with E-state index in [1.165, 1.54) is 48.8 Å². The first-order chi connectivity index (χ1) is 13.7. The molecule has 1 aromatic carbocycles. The average molecular weight is 384 g/mol. The molecule has 0 N–H and O–H groups in total. The molecule has 5 heteroatoms. The molecular formula is C23H33N3O2. The molecule has 1 aliphatic heterocycles. The molecule has 1 saturated carbocycles. The largest absolute Gasteiger partial charge is 0.376 e. The topological polar surface area (TPSA) is 39.5 Å². The van der Waals surface area contributed by atoms with Gasteiger partial charge in [0.1, 0.15) is 0 Å². The number of benzene rings is 1. The van der Waals surface area contributed by atoms with Gasteiger partial charge < -0.3 is 9.47 Å². The van der Waals surface area contributed by atoms with Crippen molar-refractivity contribution in [3.63, 3.8) is 0 Å². The van der Waals surface area contributed by atoms with E-state index in [1.807, 2.05) is 11.7 Å². The van der Waals surface area contributed by atoms with Crippen molar-refractivity contribution in [2.24, 2.45) is 7.05 Å². The zero-order chi connectivity index (χ0) is 19.3. The van der Waals surface area contributed by atoms with E-state index < -0.39 is 0 Å².